The molecule has 146 valence electrons. The first-order valence-electron chi connectivity index (χ1n) is 8.51. The van der Waals surface area contributed by atoms with Gasteiger partial charge in [-0.05, 0) is 38.1 Å². The smallest absolute Gasteiger partial charge is 0.343 e. The highest BCUT2D eigenvalue weighted by Crippen LogP contribution is 2.22. The van der Waals surface area contributed by atoms with Crippen molar-refractivity contribution < 1.29 is 23.1 Å². The molecule has 3 rings (SSSR count). The number of rotatable bonds is 5. The fraction of sp³-hybridized carbons (Fsp3) is 0.263. The Morgan fingerprint density at radius 2 is 1.96 bits per heavy atom. The van der Waals surface area contributed by atoms with Crippen LogP contribution >= 0.6 is 0 Å². The van der Waals surface area contributed by atoms with Gasteiger partial charge in [-0.1, -0.05) is 0 Å². The van der Waals surface area contributed by atoms with Crippen LogP contribution in [-0.4, -0.2) is 34.6 Å². The fourth-order valence-corrected chi connectivity index (χ4v) is 2.83. The van der Waals surface area contributed by atoms with Crippen LogP contribution in [0, 0.1) is 12.7 Å². The molecule has 9 heteroatoms. The predicted molar refractivity (Wildman–Crippen MR) is 98.7 cm³/mol. The Labute approximate surface area is 159 Å². The van der Waals surface area contributed by atoms with Gasteiger partial charge in [0.1, 0.15) is 28.9 Å². The third kappa shape index (κ3) is 3.51. The normalized spacial score (nSPS) is 10.9. The summed E-state index contributed by atoms with van der Waals surface area (Å²) < 4.78 is 24.8. The molecule has 0 saturated carbocycles. The van der Waals surface area contributed by atoms with E-state index in [0.29, 0.717) is 12.2 Å². The molecule has 0 aliphatic rings. The van der Waals surface area contributed by atoms with Gasteiger partial charge in [-0.15, -0.1) is 0 Å². The van der Waals surface area contributed by atoms with Crippen LogP contribution in [0.5, 0.6) is 0 Å². The summed E-state index contributed by atoms with van der Waals surface area (Å²) in [5.41, 5.74) is -0.00344. The summed E-state index contributed by atoms with van der Waals surface area (Å²) in [7, 11) is 1.50. The first-order chi connectivity index (χ1) is 13.3. The number of carbonyl (C=O) groups excluding carboxylic acids is 2. The van der Waals surface area contributed by atoms with Gasteiger partial charge >= 0.3 is 5.97 Å². The zero-order valence-corrected chi connectivity index (χ0v) is 15.6. The van der Waals surface area contributed by atoms with Crippen LogP contribution in [0.3, 0.4) is 0 Å². The monoisotopic (exact) mass is 387 g/mol. The third-order valence-electron chi connectivity index (χ3n) is 4.23. The summed E-state index contributed by atoms with van der Waals surface area (Å²) in [6, 6.07) is 5.39. The van der Waals surface area contributed by atoms with E-state index in [0.717, 1.165) is 0 Å². The van der Waals surface area contributed by atoms with Crippen molar-refractivity contribution in [2.45, 2.75) is 13.8 Å². The van der Waals surface area contributed by atoms with E-state index in [1.807, 2.05) is 0 Å². The van der Waals surface area contributed by atoms with E-state index in [-0.39, 0.29) is 22.4 Å². The Morgan fingerprint density at radius 1 is 1.29 bits per heavy atom. The number of ether oxygens (including phenoxy) is 1. The third-order valence-corrected chi connectivity index (χ3v) is 4.23. The lowest BCUT2D eigenvalue weighted by atomic mass is 10.2. The molecule has 0 saturated heterocycles. The largest absolute Gasteiger partial charge is 0.452 e. The van der Waals surface area contributed by atoms with Crippen LogP contribution in [0.4, 0.5) is 10.1 Å². The topological polar surface area (TPSA) is 94.6 Å². The highest BCUT2D eigenvalue weighted by Gasteiger charge is 2.25. The minimum absolute atomic E-state index is 0.00540. The lowest BCUT2D eigenvalue weighted by Gasteiger charge is -2.20. The van der Waals surface area contributed by atoms with Crippen molar-refractivity contribution in [2.24, 2.45) is 7.05 Å². The lowest BCUT2D eigenvalue weighted by Crippen LogP contribution is -2.34. The molecule has 1 amide bonds. The zero-order valence-electron chi connectivity index (χ0n) is 15.6. The van der Waals surface area contributed by atoms with Gasteiger partial charge in [-0.25, -0.2) is 14.2 Å². The van der Waals surface area contributed by atoms with Crippen molar-refractivity contribution in [2.75, 3.05) is 18.1 Å². The highest BCUT2D eigenvalue weighted by molar-refractivity contribution is 6.04. The van der Waals surface area contributed by atoms with E-state index in [2.05, 4.69) is 4.98 Å². The SMILES string of the molecule is CCN(C(=O)COC(=O)c1c(C)oc2ncn(C)c(=O)c12)c1ccc(F)cc1. The standard InChI is InChI=1S/C19H18FN3O5/c1-4-23(13-7-5-12(20)6-8-13)14(24)9-27-19(26)15-11(2)28-17-16(15)18(25)22(3)10-21-17/h5-8,10H,4,9H2,1-3H3. The number of nitrogens with zero attached hydrogens (tertiary/aromatic N) is 3. The van der Waals surface area contributed by atoms with Crippen molar-refractivity contribution in [3.8, 4) is 0 Å². The molecule has 1 aromatic carbocycles. The fourth-order valence-electron chi connectivity index (χ4n) is 2.83. The van der Waals surface area contributed by atoms with Crippen LogP contribution < -0.4 is 10.5 Å². The number of likely N-dealkylation sites (N-methyl/N-ethyl adjacent to an activating group) is 1. The minimum Gasteiger partial charge on any atom is -0.452 e. The van der Waals surface area contributed by atoms with Crippen molar-refractivity contribution in [3.05, 3.63) is 58.1 Å². The maximum Gasteiger partial charge on any atom is 0.343 e. The number of hydrogen-bond donors (Lipinski definition) is 0. The summed E-state index contributed by atoms with van der Waals surface area (Å²) in [4.78, 5) is 42.6. The second kappa shape index (κ2) is 7.63. The number of amides is 1. The molecular weight excluding hydrogens is 369 g/mol. The van der Waals surface area contributed by atoms with Gasteiger partial charge in [0.25, 0.3) is 11.5 Å². The van der Waals surface area contributed by atoms with Gasteiger partial charge in [0.15, 0.2) is 6.61 Å². The van der Waals surface area contributed by atoms with E-state index in [1.54, 1.807) is 6.92 Å². The first kappa shape index (κ1) is 19.3. The molecule has 0 aliphatic carbocycles. The van der Waals surface area contributed by atoms with Crippen LogP contribution in [0.15, 0.2) is 39.8 Å². The van der Waals surface area contributed by atoms with Crippen molar-refractivity contribution in [1.82, 2.24) is 9.55 Å². The molecule has 0 aliphatic heterocycles. The summed E-state index contributed by atoms with van der Waals surface area (Å²) in [6.45, 7) is 3.01. The second-order valence-electron chi connectivity index (χ2n) is 6.06. The number of carbonyl (C=O) groups is 2. The van der Waals surface area contributed by atoms with Crippen LogP contribution in [0.2, 0.25) is 0 Å². The summed E-state index contributed by atoms with van der Waals surface area (Å²) in [6.07, 6.45) is 1.29. The number of benzene rings is 1. The summed E-state index contributed by atoms with van der Waals surface area (Å²) in [5.74, 6) is -1.59. The number of hydrogen-bond acceptors (Lipinski definition) is 6. The molecule has 0 bridgehead atoms. The van der Waals surface area contributed by atoms with Gasteiger partial charge in [-0.2, -0.15) is 0 Å². The van der Waals surface area contributed by atoms with Gasteiger partial charge in [0, 0.05) is 19.3 Å². The molecule has 2 aromatic heterocycles. The van der Waals surface area contributed by atoms with Crippen LogP contribution in [0.1, 0.15) is 23.0 Å². The molecule has 0 spiro atoms. The Hall–Kier alpha value is -3.49. The number of fused-ring (bicyclic) bond motifs is 1. The average molecular weight is 387 g/mol. The highest BCUT2D eigenvalue weighted by atomic mass is 19.1. The molecular formula is C19H18FN3O5. The molecule has 3 aromatic rings. The number of anilines is 1. The molecule has 2 heterocycles. The van der Waals surface area contributed by atoms with E-state index in [9.17, 15) is 18.8 Å². The second-order valence-corrected chi connectivity index (χ2v) is 6.06. The number of aryl methyl sites for hydroxylation is 2. The Balaban J connectivity index is 1.80. The van der Waals surface area contributed by atoms with Gasteiger partial charge in [-0.3, -0.25) is 9.59 Å². The maximum atomic E-state index is 13.1. The predicted octanol–water partition coefficient (Wildman–Crippen LogP) is 2.18. The Morgan fingerprint density at radius 3 is 2.61 bits per heavy atom. The lowest BCUT2D eigenvalue weighted by molar-refractivity contribution is -0.121. The molecule has 28 heavy (non-hydrogen) atoms. The van der Waals surface area contributed by atoms with E-state index >= 15 is 0 Å². The van der Waals surface area contributed by atoms with Crippen molar-refractivity contribution in [1.29, 1.82) is 0 Å². The molecule has 0 radical (unpaired) electrons. The number of furan rings is 1. The molecule has 0 N–H and O–H groups in total. The van der Waals surface area contributed by atoms with E-state index in [1.165, 1.54) is 54.0 Å². The average Bonchev–Trinajstić information content (AvgIpc) is 3.01. The van der Waals surface area contributed by atoms with Gasteiger partial charge < -0.3 is 18.6 Å². The molecule has 0 fully saturated rings. The van der Waals surface area contributed by atoms with Crippen LogP contribution in [-0.2, 0) is 16.6 Å². The minimum atomic E-state index is -0.857. The number of aromatic nitrogens is 2. The van der Waals surface area contributed by atoms with E-state index < -0.39 is 29.9 Å². The molecule has 0 unspecified atom stereocenters. The molecule has 0 atom stereocenters. The summed E-state index contributed by atoms with van der Waals surface area (Å²) >= 11 is 0. The van der Waals surface area contributed by atoms with E-state index in [4.69, 9.17) is 9.15 Å². The first-order valence-corrected chi connectivity index (χ1v) is 8.51. The van der Waals surface area contributed by atoms with Crippen molar-refractivity contribution >= 4 is 28.7 Å². The summed E-state index contributed by atoms with van der Waals surface area (Å²) in [5, 5.41) is 0.00540. The van der Waals surface area contributed by atoms with Gasteiger partial charge in [0.05, 0.1) is 0 Å². The Bertz CT molecular complexity index is 1100. The van der Waals surface area contributed by atoms with Crippen LogP contribution in [0.25, 0.3) is 11.1 Å². The molecule has 8 nitrogen and oxygen atoms in total. The number of halogens is 1. The zero-order chi connectivity index (χ0) is 20.4. The quantitative estimate of drug-likeness (QED) is 0.623. The Kier molecular flexibility index (Phi) is 5.25. The van der Waals surface area contributed by atoms with Gasteiger partial charge in [0.2, 0.25) is 5.71 Å². The number of esters is 1. The maximum absolute atomic E-state index is 13.1. The van der Waals surface area contributed by atoms with Crippen molar-refractivity contribution in [3.63, 3.8) is 0 Å².